The molecule has 2 amide bonds. The van der Waals surface area contributed by atoms with Crippen LogP contribution in [0.4, 0.5) is 5.69 Å². The van der Waals surface area contributed by atoms with Crippen LogP contribution in [0.25, 0.3) is 0 Å². The number of sulfonamides is 1. The third-order valence-electron chi connectivity index (χ3n) is 6.14. The Kier molecular flexibility index (Phi) is 9.87. The van der Waals surface area contributed by atoms with Gasteiger partial charge in [-0.2, -0.15) is 0 Å². The molecule has 8 nitrogen and oxygen atoms in total. The van der Waals surface area contributed by atoms with Gasteiger partial charge >= 0.3 is 0 Å². The van der Waals surface area contributed by atoms with E-state index >= 15 is 0 Å². The molecule has 0 heterocycles. The topological polar surface area (TPSA) is 96.0 Å². The Morgan fingerprint density at radius 3 is 2.25 bits per heavy atom. The number of ether oxygens (including phenoxy) is 1. The van der Waals surface area contributed by atoms with Crippen molar-refractivity contribution in [3.05, 3.63) is 88.9 Å². The van der Waals surface area contributed by atoms with Gasteiger partial charge in [0.2, 0.25) is 11.8 Å². The molecule has 0 spiro atoms. The summed E-state index contributed by atoms with van der Waals surface area (Å²) in [6, 6.07) is 19.0. The van der Waals surface area contributed by atoms with Crippen molar-refractivity contribution in [3.8, 4) is 5.75 Å². The molecule has 3 aromatic carbocycles. The van der Waals surface area contributed by atoms with Crippen LogP contribution in [0.15, 0.2) is 77.7 Å². The lowest BCUT2D eigenvalue weighted by Gasteiger charge is -2.33. The SMILES string of the molecule is COc1cccc(N(CC(=O)N(Cc2cccc(Cl)c2)[C@@H](C)C(=O)NC(C)(C)C)S(=O)(=O)c2ccc(C)cc2)c1. The van der Waals surface area contributed by atoms with Crippen LogP contribution >= 0.6 is 11.6 Å². The van der Waals surface area contributed by atoms with Crippen molar-refractivity contribution in [2.45, 2.75) is 57.6 Å². The lowest BCUT2D eigenvalue weighted by molar-refractivity contribution is -0.140. The van der Waals surface area contributed by atoms with E-state index in [9.17, 15) is 18.0 Å². The van der Waals surface area contributed by atoms with Crippen LogP contribution in [0.5, 0.6) is 5.75 Å². The van der Waals surface area contributed by atoms with Gasteiger partial charge in [0, 0.05) is 23.2 Å². The van der Waals surface area contributed by atoms with Gasteiger partial charge in [0.05, 0.1) is 17.7 Å². The molecule has 0 bridgehead atoms. The standard InChI is InChI=1S/C30H36ClN3O5S/c1-21-13-15-27(16-14-21)40(37,38)34(25-11-8-12-26(18-25)39-6)20-28(35)33(19-23-9-7-10-24(31)17-23)22(2)29(36)32-30(3,4)5/h7-18,22H,19-20H2,1-6H3,(H,32,36)/t22-/m0/s1. The quantitative estimate of drug-likeness (QED) is 0.353. The fraction of sp³-hybridized carbons (Fsp3) is 0.333. The van der Waals surface area contributed by atoms with Crippen molar-refractivity contribution < 1.29 is 22.7 Å². The van der Waals surface area contributed by atoms with Crippen molar-refractivity contribution >= 4 is 39.1 Å². The third-order valence-corrected chi connectivity index (χ3v) is 8.16. The molecule has 3 aromatic rings. The Labute approximate surface area is 241 Å². The van der Waals surface area contributed by atoms with Crippen LogP contribution in [0.3, 0.4) is 0 Å². The van der Waals surface area contributed by atoms with E-state index in [-0.39, 0.29) is 23.0 Å². The molecule has 0 fully saturated rings. The molecule has 0 saturated heterocycles. The van der Waals surface area contributed by atoms with Gasteiger partial charge in [-0.3, -0.25) is 13.9 Å². The smallest absolute Gasteiger partial charge is 0.264 e. The summed E-state index contributed by atoms with van der Waals surface area (Å²) in [6.07, 6.45) is 0. The predicted octanol–water partition coefficient (Wildman–Crippen LogP) is 5.18. The first-order chi connectivity index (χ1) is 18.7. The Bertz CT molecular complexity index is 1450. The number of hydrogen-bond donors (Lipinski definition) is 1. The number of nitrogens with one attached hydrogen (secondary N) is 1. The molecule has 0 aromatic heterocycles. The molecule has 1 N–H and O–H groups in total. The van der Waals surface area contributed by atoms with E-state index in [2.05, 4.69) is 5.32 Å². The van der Waals surface area contributed by atoms with Gasteiger partial charge in [-0.05, 0) is 76.6 Å². The predicted molar refractivity (Wildman–Crippen MR) is 158 cm³/mol. The maximum absolute atomic E-state index is 14.0. The highest BCUT2D eigenvalue weighted by molar-refractivity contribution is 7.92. The summed E-state index contributed by atoms with van der Waals surface area (Å²) in [5, 5.41) is 3.39. The molecule has 0 aliphatic carbocycles. The largest absolute Gasteiger partial charge is 0.497 e. The van der Waals surface area contributed by atoms with Gasteiger partial charge in [0.25, 0.3) is 10.0 Å². The molecular formula is C30H36ClN3O5S. The number of rotatable bonds is 10. The zero-order valence-corrected chi connectivity index (χ0v) is 25.2. The van der Waals surface area contributed by atoms with Gasteiger partial charge in [0.15, 0.2) is 0 Å². The minimum absolute atomic E-state index is 0.0358. The van der Waals surface area contributed by atoms with Crippen molar-refractivity contribution in [1.82, 2.24) is 10.2 Å². The number of aryl methyl sites for hydroxylation is 1. The Balaban J connectivity index is 2.06. The summed E-state index contributed by atoms with van der Waals surface area (Å²) in [7, 11) is -2.69. The highest BCUT2D eigenvalue weighted by atomic mass is 35.5. The summed E-state index contributed by atoms with van der Waals surface area (Å²) < 4.78 is 34.2. The zero-order chi connectivity index (χ0) is 29.7. The van der Waals surface area contributed by atoms with E-state index < -0.39 is 34.1 Å². The number of halogens is 1. The number of hydrogen-bond acceptors (Lipinski definition) is 5. The average molecular weight is 586 g/mol. The molecule has 40 heavy (non-hydrogen) atoms. The first-order valence-electron chi connectivity index (χ1n) is 12.8. The maximum atomic E-state index is 14.0. The van der Waals surface area contributed by atoms with Crippen LogP contribution in [-0.2, 0) is 26.2 Å². The number of anilines is 1. The van der Waals surface area contributed by atoms with E-state index in [0.29, 0.717) is 16.3 Å². The number of carbonyl (C=O) groups is 2. The van der Waals surface area contributed by atoms with Crippen molar-refractivity contribution in [2.75, 3.05) is 18.0 Å². The Morgan fingerprint density at radius 2 is 1.65 bits per heavy atom. The Hall–Kier alpha value is -3.56. The number of nitrogens with zero attached hydrogens (tertiary/aromatic N) is 2. The van der Waals surface area contributed by atoms with E-state index in [1.807, 2.05) is 27.7 Å². The minimum atomic E-state index is -4.17. The van der Waals surface area contributed by atoms with Crippen molar-refractivity contribution in [1.29, 1.82) is 0 Å². The minimum Gasteiger partial charge on any atom is -0.497 e. The summed E-state index contributed by atoms with van der Waals surface area (Å²) in [5.74, 6) is -0.491. The first kappa shape index (κ1) is 31.0. The van der Waals surface area contributed by atoms with E-state index in [0.717, 1.165) is 9.87 Å². The highest BCUT2D eigenvalue weighted by Crippen LogP contribution is 2.28. The van der Waals surface area contributed by atoms with Crippen LogP contribution in [0, 0.1) is 6.92 Å². The molecule has 0 unspecified atom stereocenters. The normalized spacial score (nSPS) is 12.4. The molecule has 1 atom stereocenters. The van der Waals surface area contributed by atoms with Crippen molar-refractivity contribution in [2.24, 2.45) is 0 Å². The summed E-state index contributed by atoms with van der Waals surface area (Å²) in [4.78, 5) is 28.6. The van der Waals surface area contributed by atoms with Crippen LogP contribution in [-0.4, -0.2) is 50.4 Å². The summed E-state index contributed by atoms with van der Waals surface area (Å²) in [5.41, 5.74) is 1.32. The lowest BCUT2D eigenvalue weighted by Crippen LogP contribution is -2.54. The molecule has 0 aliphatic rings. The van der Waals surface area contributed by atoms with Crippen LogP contribution in [0.2, 0.25) is 5.02 Å². The van der Waals surface area contributed by atoms with E-state index in [4.69, 9.17) is 16.3 Å². The second-order valence-corrected chi connectivity index (χ2v) is 12.9. The summed E-state index contributed by atoms with van der Waals surface area (Å²) >= 11 is 6.19. The second kappa shape index (κ2) is 12.7. The van der Waals surface area contributed by atoms with Gasteiger partial charge < -0.3 is 15.0 Å². The van der Waals surface area contributed by atoms with Gasteiger partial charge in [0.1, 0.15) is 18.3 Å². The molecule has 0 saturated carbocycles. The Morgan fingerprint density at radius 1 is 1.00 bits per heavy atom. The fourth-order valence-electron chi connectivity index (χ4n) is 4.02. The summed E-state index contributed by atoms with van der Waals surface area (Å²) in [6.45, 7) is 8.52. The van der Waals surface area contributed by atoms with Gasteiger partial charge in [-0.1, -0.05) is 47.5 Å². The number of methoxy groups -OCH3 is 1. The van der Waals surface area contributed by atoms with Crippen LogP contribution in [0.1, 0.15) is 38.8 Å². The maximum Gasteiger partial charge on any atom is 0.264 e. The van der Waals surface area contributed by atoms with Gasteiger partial charge in [-0.25, -0.2) is 8.42 Å². The van der Waals surface area contributed by atoms with Crippen LogP contribution < -0.4 is 14.4 Å². The molecular weight excluding hydrogens is 550 g/mol. The number of carbonyl (C=O) groups excluding carboxylic acids is 2. The monoisotopic (exact) mass is 585 g/mol. The van der Waals surface area contributed by atoms with Gasteiger partial charge in [-0.15, -0.1) is 0 Å². The van der Waals surface area contributed by atoms with Crippen molar-refractivity contribution in [3.63, 3.8) is 0 Å². The number of amides is 2. The second-order valence-electron chi connectivity index (χ2n) is 10.6. The van der Waals surface area contributed by atoms with E-state index in [1.54, 1.807) is 67.6 Å². The molecule has 0 aliphatic heterocycles. The highest BCUT2D eigenvalue weighted by Gasteiger charge is 2.33. The molecule has 3 rings (SSSR count). The molecule has 214 valence electrons. The number of benzene rings is 3. The zero-order valence-electron chi connectivity index (χ0n) is 23.6. The molecule has 0 radical (unpaired) electrons. The average Bonchev–Trinajstić information content (AvgIpc) is 2.89. The van der Waals surface area contributed by atoms with E-state index in [1.165, 1.54) is 24.1 Å². The third kappa shape index (κ3) is 7.99. The lowest BCUT2D eigenvalue weighted by atomic mass is 10.1. The first-order valence-corrected chi connectivity index (χ1v) is 14.6. The fourth-order valence-corrected chi connectivity index (χ4v) is 5.64. The molecule has 10 heteroatoms.